The summed E-state index contributed by atoms with van der Waals surface area (Å²) in [6, 6.07) is 7.85. The zero-order valence-electron chi connectivity index (χ0n) is 9.47. The minimum absolute atomic E-state index is 0.514. The van der Waals surface area contributed by atoms with E-state index in [1.165, 1.54) is 11.8 Å². The third-order valence-corrected chi connectivity index (χ3v) is 3.45. The molecule has 1 rings (SSSR count). The highest BCUT2D eigenvalue weighted by atomic mass is 32.2. The first-order valence-electron chi connectivity index (χ1n) is 4.75. The zero-order valence-corrected chi connectivity index (χ0v) is 11.1. The van der Waals surface area contributed by atoms with Crippen LogP contribution in [0.2, 0.25) is 0 Å². The van der Waals surface area contributed by atoms with Crippen LogP contribution in [0.4, 0.5) is 5.82 Å². The average molecular weight is 251 g/mol. The molecule has 0 aromatic carbocycles. The van der Waals surface area contributed by atoms with Crippen molar-refractivity contribution in [1.29, 1.82) is 5.26 Å². The lowest BCUT2D eigenvalue weighted by Gasteiger charge is -2.22. The van der Waals surface area contributed by atoms with Crippen LogP contribution in [0.1, 0.15) is 13.8 Å². The monoisotopic (exact) mass is 251 g/mol. The van der Waals surface area contributed by atoms with Gasteiger partial charge >= 0.3 is 0 Å². The van der Waals surface area contributed by atoms with E-state index in [0.717, 1.165) is 5.82 Å². The number of nitrogens with zero attached hydrogens (tertiary/aromatic N) is 3. The first-order chi connectivity index (χ1) is 7.46. The number of thiocarbonyl (C=S) groups is 1. The van der Waals surface area contributed by atoms with Crippen LogP contribution in [-0.2, 0) is 0 Å². The second-order valence-corrected chi connectivity index (χ2v) is 5.99. The molecule has 0 radical (unpaired) electrons. The van der Waals surface area contributed by atoms with Gasteiger partial charge in [-0.1, -0.05) is 30.0 Å². The predicted octanol–water partition coefficient (Wildman–Crippen LogP) is 2.84. The maximum atomic E-state index is 8.93. The fourth-order valence-corrected chi connectivity index (χ4v) is 2.39. The summed E-state index contributed by atoms with van der Waals surface area (Å²) in [4.78, 5) is 6.00. The first kappa shape index (κ1) is 12.9. The molecule has 0 saturated carbocycles. The van der Waals surface area contributed by atoms with E-state index in [2.05, 4.69) is 11.1 Å². The number of hydrogen-bond acceptors (Lipinski definition) is 4. The molecule has 5 heteroatoms. The number of nitriles is 1. The van der Waals surface area contributed by atoms with E-state index in [1.54, 1.807) is 11.1 Å². The van der Waals surface area contributed by atoms with E-state index in [9.17, 15) is 0 Å². The molecule has 0 N–H and O–H groups in total. The van der Waals surface area contributed by atoms with Crippen molar-refractivity contribution in [2.24, 2.45) is 0 Å². The third-order valence-electron chi connectivity index (χ3n) is 1.88. The predicted molar refractivity (Wildman–Crippen MR) is 72.5 cm³/mol. The minimum Gasteiger partial charge on any atom is -0.315 e. The summed E-state index contributed by atoms with van der Waals surface area (Å²) in [5.74, 6) is 0.786. The van der Waals surface area contributed by atoms with Crippen LogP contribution in [0.5, 0.6) is 0 Å². The summed E-state index contributed by atoms with van der Waals surface area (Å²) in [5.41, 5.74) is 0. The Morgan fingerprint density at radius 3 is 2.75 bits per heavy atom. The molecule has 0 bridgehead atoms. The Hall–Kier alpha value is -1.12. The molecule has 1 aromatic rings. The van der Waals surface area contributed by atoms with Gasteiger partial charge in [-0.05, 0) is 26.0 Å². The third kappa shape index (κ3) is 3.47. The maximum absolute atomic E-state index is 8.93. The second-order valence-electron chi connectivity index (χ2n) is 3.74. The Labute approximate surface area is 105 Å². The van der Waals surface area contributed by atoms with Crippen molar-refractivity contribution in [2.45, 2.75) is 18.6 Å². The molecular formula is C11H13N3S2. The molecule has 0 aliphatic rings. The molecule has 0 aliphatic carbocycles. The number of hydrogen-bond donors (Lipinski definition) is 0. The van der Waals surface area contributed by atoms with E-state index in [4.69, 9.17) is 17.5 Å². The van der Waals surface area contributed by atoms with Gasteiger partial charge in [-0.2, -0.15) is 5.26 Å². The summed E-state index contributed by atoms with van der Waals surface area (Å²) < 4.78 is 0.130. The first-order valence-corrected chi connectivity index (χ1v) is 5.98. The molecule has 16 heavy (non-hydrogen) atoms. The highest BCUT2D eigenvalue weighted by Gasteiger charge is 2.22. The second kappa shape index (κ2) is 5.28. The van der Waals surface area contributed by atoms with Crippen LogP contribution in [-0.4, -0.2) is 21.1 Å². The van der Waals surface area contributed by atoms with Gasteiger partial charge in [0.15, 0.2) is 0 Å². The molecule has 1 aromatic heterocycles. The molecular weight excluding hydrogens is 238 g/mol. The van der Waals surface area contributed by atoms with Crippen LogP contribution in [0.15, 0.2) is 24.4 Å². The van der Waals surface area contributed by atoms with Crippen molar-refractivity contribution < 1.29 is 0 Å². The van der Waals surface area contributed by atoms with Gasteiger partial charge in [0.1, 0.15) is 14.9 Å². The summed E-state index contributed by atoms with van der Waals surface area (Å²) in [6.45, 7) is 3.69. The highest BCUT2D eigenvalue weighted by Crippen LogP contribution is 2.27. The SMILES string of the molecule is CN(C(=S)SC(C)(C)C#N)c1ccccn1. The van der Waals surface area contributed by atoms with Crippen molar-refractivity contribution in [3.63, 3.8) is 0 Å². The van der Waals surface area contributed by atoms with Crippen LogP contribution in [0.3, 0.4) is 0 Å². The molecule has 0 amide bonds. The quantitative estimate of drug-likeness (QED) is 0.756. The number of rotatable bonds is 2. The van der Waals surface area contributed by atoms with E-state index in [-0.39, 0.29) is 0 Å². The van der Waals surface area contributed by atoms with Gasteiger partial charge in [-0.15, -0.1) is 0 Å². The smallest absolute Gasteiger partial charge is 0.143 e. The standard InChI is InChI=1S/C11H13N3S2/c1-11(2,8-12)16-10(15)14(3)9-6-4-5-7-13-9/h4-7H,1-3H3. The van der Waals surface area contributed by atoms with Crippen molar-refractivity contribution >= 4 is 34.1 Å². The zero-order chi connectivity index (χ0) is 12.2. The van der Waals surface area contributed by atoms with Crippen LogP contribution in [0, 0.1) is 11.3 Å². The number of thioether (sulfide) groups is 1. The average Bonchev–Trinajstić information content (AvgIpc) is 2.28. The Balaban J connectivity index is 2.74. The Kier molecular flexibility index (Phi) is 4.27. The number of aromatic nitrogens is 1. The van der Waals surface area contributed by atoms with Gasteiger partial charge in [0.25, 0.3) is 0 Å². The fraction of sp³-hybridized carbons (Fsp3) is 0.364. The largest absolute Gasteiger partial charge is 0.315 e. The fourth-order valence-electron chi connectivity index (χ4n) is 0.955. The molecule has 0 spiro atoms. The lowest BCUT2D eigenvalue weighted by molar-refractivity contribution is 0.920. The molecule has 3 nitrogen and oxygen atoms in total. The van der Waals surface area contributed by atoms with Crippen molar-refractivity contribution in [1.82, 2.24) is 4.98 Å². The van der Waals surface area contributed by atoms with Crippen LogP contribution >= 0.6 is 24.0 Å². The minimum atomic E-state index is -0.514. The topological polar surface area (TPSA) is 39.9 Å². The summed E-state index contributed by atoms with van der Waals surface area (Å²) in [5, 5.41) is 8.93. The van der Waals surface area contributed by atoms with E-state index in [1.807, 2.05) is 39.1 Å². The van der Waals surface area contributed by atoms with Gasteiger partial charge in [0.05, 0.1) is 6.07 Å². The van der Waals surface area contributed by atoms with Crippen molar-refractivity contribution in [3.05, 3.63) is 24.4 Å². The summed E-state index contributed by atoms with van der Waals surface area (Å²) >= 11 is 6.63. The van der Waals surface area contributed by atoms with Crippen molar-refractivity contribution in [3.8, 4) is 6.07 Å². The van der Waals surface area contributed by atoms with E-state index >= 15 is 0 Å². The number of pyridine rings is 1. The van der Waals surface area contributed by atoms with Gasteiger partial charge in [0.2, 0.25) is 0 Å². The van der Waals surface area contributed by atoms with Gasteiger partial charge in [-0.25, -0.2) is 4.98 Å². The number of anilines is 1. The van der Waals surface area contributed by atoms with Gasteiger partial charge in [-0.3, -0.25) is 0 Å². The lowest BCUT2D eigenvalue weighted by atomic mass is 10.2. The van der Waals surface area contributed by atoms with Crippen LogP contribution < -0.4 is 4.90 Å². The molecule has 84 valence electrons. The van der Waals surface area contributed by atoms with E-state index in [0.29, 0.717) is 4.32 Å². The normalized spacial score (nSPS) is 10.6. The summed E-state index contributed by atoms with van der Waals surface area (Å²) in [6.07, 6.45) is 1.72. The molecule has 0 unspecified atom stereocenters. The molecule has 0 aliphatic heterocycles. The Morgan fingerprint density at radius 1 is 1.56 bits per heavy atom. The lowest BCUT2D eigenvalue weighted by Crippen LogP contribution is -2.27. The molecule has 0 fully saturated rings. The maximum Gasteiger partial charge on any atom is 0.143 e. The van der Waals surface area contributed by atoms with Gasteiger partial charge in [0, 0.05) is 13.2 Å². The molecule has 0 atom stereocenters. The highest BCUT2D eigenvalue weighted by molar-refractivity contribution is 8.24. The Morgan fingerprint density at radius 2 is 2.25 bits per heavy atom. The molecule has 1 heterocycles. The summed E-state index contributed by atoms with van der Waals surface area (Å²) in [7, 11) is 1.85. The van der Waals surface area contributed by atoms with Crippen LogP contribution in [0.25, 0.3) is 0 Å². The van der Waals surface area contributed by atoms with Crippen molar-refractivity contribution in [2.75, 3.05) is 11.9 Å². The van der Waals surface area contributed by atoms with Gasteiger partial charge < -0.3 is 4.90 Å². The van der Waals surface area contributed by atoms with E-state index < -0.39 is 4.75 Å². The Bertz CT molecular complexity index is 409. The molecule has 0 saturated heterocycles.